The van der Waals surface area contributed by atoms with E-state index < -0.39 is 18.5 Å². The number of hydrogen-bond donors (Lipinski definition) is 2. The molecular formula is C19H18ClNO5. The predicted molar refractivity (Wildman–Crippen MR) is 99.5 cm³/mol. The van der Waals surface area contributed by atoms with Crippen molar-refractivity contribution in [1.82, 2.24) is 0 Å². The third-order valence-electron chi connectivity index (χ3n) is 3.43. The first-order valence-corrected chi connectivity index (χ1v) is 8.04. The zero-order chi connectivity index (χ0) is 19.1. The van der Waals surface area contributed by atoms with Gasteiger partial charge in [0.1, 0.15) is 0 Å². The van der Waals surface area contributed by atoms with Gasteiger partial charge in [0.25, 0.3) is 5.91 Å². The largest absolute Gasteiger partial charge is 0.504 e. The maximum atomic E-state index is 11.9. The Bertz CT molecular complexity index is 848. The molecule has 7 heteroatoms. The first-order valence-electron chi connectivity index (χ1n) is 7.67. The highest BCUT2D eigenvalue weighted by atomic mass is 35.5. The minimum absolute atomic E-state index is 0.000191. The highest BCUT2D eigenvalue weighted by molar-refractivity contribution is 6.31. The number of methoxy groups -OCH3 is 1. The van der Waals surface area contributed by atoms with E-state index in [0.717, 1.165) is 5.56 Å². The van der Waals surface area contributed by atoms with Crippen LogP contribution in [0.4, 0.5) is 5.69 Å². The zero-order valence-electron chi connectivity index (χ0n) is 14.3. The molecule has 136 valence electrons. The van der Waals surface area contributed by atoms with Gasteiger partial charge in [-0.25, -0.2) is 4.79 Å². The maximum absolute atomic E-state index is 11.9. The first kappa shape index (κ1) is 19.3. The lowest BCUT2D eigenvalue weighted by molar-refractivity contribution is -0.142. The summed E-state index contributed by atoms with van der Waals surface area (Å²) >= 11 is 5.89. The molecule has 0 saturated heterocycles. The molecule has 2 aromatic carbocycles. The second-order valence-electron chi connectivity index (χ2n) is 5.38. The Kier molecular flexibility index (Phi) is 6.63. The van der Waals surface area contributed by atoms with E-state index in [1.165, 1.54) is 25.3 Å². The van der Waals surface area contributed by atoms with Crippen molar-refractivity contribution in [2.45, 2.75) is 6.92 Å². The predicted octanol–water partition coefficient (Wildman–Crippen LogP) is 3.56. The number of phenolic OH excluding ortho intramolecular Hbond substituents is 1. The van der Waals surface area contributed by atoms with Crippen LogP contribution in [-0.4, -0.2) is 30.7 Å². The summed E-state index contributed by atoms with van der Waals surface area (Å²) in [5.74, 6) is -0.851. The minimum atomic E-state index is -0.671. The number of esters is 1. The Morgan fingerprint density at radius 3 is 2.73 bits per heavy atom. The SMILES string of the molecule is COc1cc(/C=C/C(=O)OCC(=O)Nc2cc(Cl)ccc2C)ccc1O. The lowest BCUT2D eigenvalue weighted by Crippen LogP contribution is -2.20. The number of carbonyl (C=O) groups excluding carboxylic acids is 2. The highest BCUT2D eigenvalue weighted by Gasteiger charge is 2.08. The Balaban J connectivity index is 1.88. The molecule has 0 unspecified atom stereocenters. The van der Waals surface area contributed by atoms with Crippen molar-refractivity contribution < 1.29 is 24.2 Å². The molecule has 0 bridgehead atoms. The van der Waals surface area contributed by atoms with Gasteiger partial charge >= 0.3 is 5.97 Å². The van der Waals surface area contributed by atoms with Gasteiger partial charge in [0.05, 0.1) is 7.11 Å². The molecule has 0 atom stereocenters. The molecule has 2 N–H and O–H groups in total. The number of hydrogen-bond acceptors (Lipinski definition) is 5. The molecular weight excluding hydrogens is 358 g/mol. The number of aryl methyl sites for hydroxylation is 1. The smallest absolute Gasteiger partial charge is 0.331 e. The van der Waals surface area contributed by atoms with Gasteiger partial charge in [0.15, 0.2) is 18.1 Å². The molecule has 2 rings (SSSR count). The lowest BCUT2D eigenvalue weighted by Gasteiger charge is -2.08. The lowest BCUT2D eigenvalue weighted by atomic mass is 10.2. The van der Waals surface area contributed by atoms with Crippen molar-refractivity contribution in [3.05, 3.63) is 58.6 Å². The van der Waals surface area contributed by atoms with Crippen LogP contribution in [0.15, 0.2) is 42.5 Å². The van der Waals surface area contributed by atoms with Gasteiger partial charge in [-0.3, -0.25) is 4.79 Å². The molecule has 0 fully saturated rings. The van der Waals surface area contributed by atoms with Crippen LogP contribution in [0, 0.1) is 6.92 Å². The fraction of sp³-hybridized carbons (Fsp3) is 0.158. The maximum Gasteiger partial charge on any atom is 0.331 e. The topological polar surface area (TPSA) is 84.9 Å². The average molecular weight is 376 g/mol. The van der Waals surface area contributed by atoms with Crippen LogP contribution < -0.4 is 10.1 Å². The number of amides is 1. The van der Waals surface area contributed by atoms with Crippen LogP contribution in [0.3, 0.4) is 0 Å². The summed E-state index contributed by atoms with van der Waals surface area (Å²) in [6, 6.07) is 9.73. The van der Waals surface area contributed by atoms with Crippen molar-refractivity contribution in [2.75, 3.05) is 19.0 Å². The van der Waals surface area contributed by atoms with Crippen LogP contribution in [0.25, 0.3) is 6.08 Å². The van der Waals surface area contributed by atoms with Gasteiger partial charge in [-0.05, 0) is 48.4 Å². The molecule has 2 aromatic rings. The van der Waals surface area contributed by atoms with E-state index in [-0.39, 0.29) is 11.5 Å². The molecule has 0 radical (unpaired) electrons. The van der Waals surface area contributed by atoms with Crippen LogP contribution in [0.2, 0.25) is 5.02 Å². The summed E-state index contributed by atoms with van der Waals surface area (Å²) in [4.78, 5) is 23.6. The summed E-state index contributed by atoms with van der Waals surface area (Å²) in [6.45, 7) is 1.40. The summed E-state index contributed by atoms with van der Waals surface area (Å²) in [5.41, 5.74) is 2.04. The molecule has 0 saturated carbocycles. The fourth-order valence-corrected chi connectivity index (χ4v) is 2.23. The Morgan fingerprint density at radius 1 is 1.23 bits per heavy atom. The van der Waals surface area contributed by atoms with Crippen molar-refractivity contribution in [3.63, 3.8) is 0 Å². The number of anilines is 1. The second-order valence-corrected chi connectivity index (χ2v) is 5.82. The van der Waals surface area contributed by atoms with Gasteiger partial charge in [-0.1, -0.05) is 23.7 Å². The second kappa shape index (κ2) is 8.92. The zero-order valence-corrected chi connectivity index (χ0v) is 15.0. The van der Waals surface area contributed by atoms with Gasteiger partial charge in [0, 0.05) is 16.8 Å². The average Bonchev–Trinajstić information content (AvgIpc) is 2.62. The number of halogens is 1. The third-order valence-corrected chi connectivity index (χ3v) is 3.67. The first-order chi connectivity index (χ1) is 12.4. The number of ether oxygens (including phenoxy) is 2. The summed E-state index contributed by atoms with van der Waals surface area (Å²) in [6.07, 6.45) is 2.67. The minimum Gasteiger partial charge on any atom is -0.504 e. The van der Waals surface area contributed by atoms with E-state index in [1.807, 2.05) is 6.92 Å². The summed E-state index contributed by atoms with van der Waals surface area (Å²) in [7, 11) is 1.43. The number of carbonyl (C=O) groups is 2. The summed E-state index contributed by atoms with van der Waals surface area (Å²) < 4.78 is 9.88. The molecule has 1 amide bonds. The molecule has 6 nitrogen and oxygen atoms in total. The standard InChI is InChI=1S/C19H18ClNO5/c1-12-3-6-14(20)10-15(12)21-18(23)11-26-19(24)8-5-13-4-7-16(22)17(9-13)25-2/h3-10,22H,11H2,1-2H3,(H,21,23)/b8-5+. The van der Waals surface area contributed by atoms with Crippen molar-refractivity contribution in [2.24, 2.45) is 0 Å². The molecule has 0 aromatic heterocycles. The molecule has 0 aliphatic rings. The van der Waals surface area contributed by atoms with Gasteiger partial charge in [0.2, 0.25) is 0 Å². The Morgan fingerprint density at radius 2 is 2.00 bits per heavy atom. The monoisotopic (exact) mass is 375 g/mol. The van der Waals surface area contributed by atoms with Crippen LogP contribution in [-0.2, 0) is 14.3 Å². The number of rotatable bonds is 6. The van der Waals surface area contributed by atoms with E-state index in [9.17, 15) is 14.7 Å². The normalized spacial score (nSPS) is 10.6. The van der Waals surface area contributed by atoms with Crippen molar-refractivity contribution >= 4 is 35.2 Å². The van der Waals surface area contributed by atoms with Gasteiger partial charge in [-0.15, -0.1) is 0 Å². The Labute approximate surface area is 156 Å². The van der Waals surface area contributed by atoms with E-state index in [0.29, 0.717) is 16.3 Å². The van der Waals surface area contributed by atoms with Gasteiger partial charge < -0.3 is 19.9 Å². The van der Waals surface area contributed by atoms with E-state index in [4.69, 9.17) is 21.1 Å². The molecule has 0 aliphatic heterocycles. The van der Waals surface area contributed by atoms with E-state index in [2.05, 4.69) is 5.32 Å². The summed E-state index contributed by atoms with van der Waals surface area (Å²) in [5, 5.41) is 12.6. The molecule has 26 heavy (non-hydrogen) atoms. The van der Waals surface area contributed by atoms with Crippen LogP contribution >= 0.6 is 11.6 Å². The number of benzene rings is 2. The van der Waals surface area contributed by atoms with E-state index >= 15 is 0 Å². The van der Waals surface area contributed by atoms with Crippen LogP contribution in [0.1, 0.15) is 11.1 Å². The third kappa shape index (κ3) is 5.53. The highest BCUT2D eigenvalue weighted by Crippen LogP contribution is 2.26. The van der Waals surface area contributed by atoms with Gasteiger partial charge in [-0.2, -0.15) is 0 Å². The fourth-order valence-electron chi connectivity index (χ4n) is 2.06. The quantitative estimate of drug-likeness (QED) is 0.595. The van der Waals surface area contributed by atoms with Crippen molar-refractivity contribution in [1.29, 1.82) is 0 Å². The van der Waals surface area contributed by atoms with Crippen LogP contribution in [0.5, 0.6) is 11.5 Å². The number of aromatic hydroxyl groups is 1. The molecule has 0 heterocycles. The number of phenols is 1. The molecule has 0 spiro atoms. The molecule has 0 aliphatic carbocycles. The van der Waals surface area contributed by atoms with E-state index in [1.54, 1.807) is 30.3 Å². The number of nitrogens with one attached hydrogen (secondary N) is 1. The van der Waals surface area contributed by atoms with Crippen molar-refractivity contribution in [3.8, 4) is 11.5 Å². The Hall–Kier alpha value is -2.99.